The van der Waals surface area contributed by atoms with E-state index < -0.39 is 0 Å². The Balaban J connectivity index is 1.60. The molecule has 0 saturated heterocycles. The molecule has 84 valence electrons. The lowest BCUT2D eigenvalue weighted by atomic mass is 10.1. The van der Waals surface area contributed by atoms with Crippen LogP contribution in [0.1, 0.15) is 25.8 Å². The van der Waals surface area contributed by atoms with Crippen LogP contribution in [-0.2, 0) is 13.5 Å². The van der Waals surface area contributed by atoms with Crippen LogP contribution >= 0.6 is 0 Å². The second kappa shape index (κ2) is 3.97. The Morgan fingerprint density at radius 3 is 2.87 bits per heavy atom. The van der Waals surface area contributed by atoms with Crippen LogP contribution in [0.3, 0.4) is 0 Å². The summed E-state index contributed by atoms with van der Waals surface area (Å²) >= 11 is 0. The second-order valence-corrected chi connectivity index (χ2v) is 5.37. The molecule has 0 aliphatic heterocycles. The molecule has 3 nitrogen and oxygen atoms in total. The molecule has 1 unspecified atom stereocenters. The summed E-state index contributed by atoms with van der Waals surface area (Å²) in [4.78, 5) is 0. The van der Waals surface area contributed by atoms with Gasteiger partial charge in [-0.1, -0.05) is 13.8 Å². The summed E-state index contributed by atoms with van der Waals surface area (Å²) < 4.78 is 1.86. The van der Waals surface area contributed by atoms with Crippen molar-refractivity contribution < 1.29 is 0 Å². The summed E-state index contributed by atoms with van der Waals surface area (Å²) in [5, 5.41) is 7.68. The molecular formula is C12H21N3. The van der Waals surface area contributed by atoms with Gasteiger partial charge in [0.15, 0.2) is 0 Å². The molecule has 1 aromatic rings. The fraction of sp³-hybridized carbons (Fsp3) is 0.750. The highest BCUT2D eigenvalue weighted by atomic mass is 15.2. The first-order valence-corrected chi connectivity index (χ1v) is 5.76. The van der Waals surface area contributed by atoms with Crippen LogP contribution < -0.4 is 5.32 Å². The topological polar surface area (TPSA) is 29.9 Å². The summed E-state index contributed by atoms with van der Waals surface area (Å²) in [6.45, 7) is 6.94. The van der Waals surface area contributed by atoms with Crippen molar-refractivity contribution >= 4 is 0 Å². The number of hydrogen-bond acceptors (Lipinski definition) is 2. The Labute approximate surface area is 91.9 Å². The zero-order chi connectivity index (χ0) is 10.9. The third-order valence-corrected chi connectivity index (χ3v) is 3.46. The Morgan fingerprint density at radius 2 is 2.33 bits per heavy atom. The zero-order valence-electron chi connectivity index (χ0n) is 9.95. The van der Waals surface area contributed by atoms with Crippen LogP contribution in [0.5, 0.6) is 0 Å². The normalized spacial score (nSPS) is 23.0. The highest BCUT2D eigenvalue weighted by Gasteiger charge is 2.44. The average Bonchev–Trinajstić information content (AvgIpc) is 2.58. The molecule has 1 aromatic heterocycles. The largest absolute Gasteiger partial charge is 0.316 e. The Morgan fingerprint density at radius 1 is 1.60 bits per heavy atom. The van der Waals surface area contributed by atoms with Gasteiger partial charge in [-0.2, -0.15) is 5.10 Å². The fourth-order valence-electron chi connectivity index (χ4n) is 2.03. The van der Waals surface area contributed by atoms with E-state index in [1.165, 1.54) is 18.5 Å². The first-order valence-electron chi connectivity index (χ1n) is 5.76. The van der Waals surface area contributed by atoms with Crippen molar-refractivity contribution in [2.45, 2.75) is 26.7 Å². The van der Waals surface area contributed by atoms with Crippen LogP contribution in [-0.4, -0.2) is 22.9 Å². The summed E-state index contributed by atoms with van der Waals surface area (Å²) in [6, 6.07) is 0. The van der Waals surface area contributed by atoms with Crippen molar-refractivity contribution in [2.24, 2.45) is 18.4 Å². The molecule has 1 aliphatic carbocycles. The Kier molecular flexibility index (Phi) is 2.83. The molecule has 1 atom stereocenters. The molecule has 1 heterocycles. The highest BCUT2D eigenvalue weighted by Crippen LogP contribution is 2.50. The minimum Gasteiger partial charge on any atom is -0.316 e. The molecule has 0 radical (unpaired) electrons. The van der Waals surface area contributed by atoms with E-state index in [2.05, 4.69) is 30.5 Å². The van der Waals surface area contributed by atoms with Crippen molar-refractivity contribution in [2.75, 3.05) is 13.1 Å². The van der Waals surface area contributed by atoms with Crippen LogP contribution in [0.4, 0.5) is 0 Å². The van der Waals surface area contributed by atoms with E-state index in [0.717, 1.165) is 18.9 Å². The quantitative estimate of drug-likeness (QED) is 0.743. The Bertz CT molecular complexity index is 327. The smallest absolute Gasteiger partial charge is 0.0522 e. The van der Waals surface area contributed by atoms with E-state index >= 15 is 0 Å². The predicted molar refractivity (Wildman–Crippen MR) is 61.7 cm³/mol. The number of nitrogens with zero attached hydrogens (tertiary/aromatic N) is 2. The van der Waals surface area contributed by atoms with Crippen LogP contribution in [0, 0.1) is 11.3 Å². The first kappa shape index (κ1) is 10.7. The van der Waals surface area contributed by atoms with Gasteiger partial charge in [-0.15, -0.1) is 0 Å². The third kappa shape index (κ3) is 2.81. The second-order valence-electron chi connectivity index (χ2n) is 5.37. The highest BCUT2D eigenvalue weighted by molar-refractivity contribution is 5.04. The third-order valence-electron chi connectivity index (χ3n) is 3.46. The summed E-state index contributed by atoms with van der Waals surface area (Å²) in [7, 11) is 1.96. The predicted octanol–water partition coefficient (Wildman–Crippen LogP) is 1.60. The van der Waals surface area contributed by atoms with Crippen molar-refractivity contribution in [3.05, 3.63) is 18.0 Å². The SMILES string of the molecule is Cn1cc(CCNCC2CC2(C)C)cn1. The van der Waals surface area contributed by atoms with Crippen LogP contribution in [0.15, 0.2) is 12.4 Å². The maximum absolute atomic E-state index is 4.15. The van der Waals surface area contributed by atoms with Gasteiger partial charge in [0.05, 0.1) is 6.20 Å². The molecule has 1 N–H and O–H groups in total. The molecule has 0 spiro atoms. The van der Waals surface area contributed by atoms with Crippen LogP contribution in [0.25, 0.3) is 0 Å². The molecule has 0 amide bonds. The minimum atomic E-state index is 0.599. The lowest BCUT2D eigenvalue weighted by Gasteiger charge is -2.05. The maximum atomic E-state index is 4.15. The molecule has 0 aromatic carbocycles. The molecule has 2 rings (SSSR count). The van der Waals surface area contributed by atoms with E-state index in [9.17, 15) is 0 Å². The van der Waals surface area contributed by atoms with Crippen molar-refractivity contribution in [1.82, 2.24) is 15.1 Å². The lowest BCUT2D eigenvalue weighted by Crippen LogP contribution is -2.21. The number of aryl methyl sites for hydroxylation is 1. The number of aromatic nitrogens is 2. The summed E-state index contributed by atoms with van der Waals surface area (Å²) in [5.74, 6) is 0.895. The molecule has 1 aliphatic rings. The standard InChI is InChI=1S/C12H21N3/c1-12(2)6-11(12)8-13-5-4-10-7-14-15(3)9-10/h7,9,11,13H,4-6,8H2,1-3H3. The Hall–Kier alpha value is -0.830. The van der Waals surface area contributed by atoms with E-state index in [-0.39, 0.29) is 0 Å². The molecular weight excluding hydrogens is 186 g/mol. The maximum Gasteiger partial charge on any atom is 0.0522 e. The first-order chi connectivity index (χ1) is 7.08. The van der Waals surface area contributed by atoms with Gasteiger partial charge < -0.3 is 5.32 Å². The molecule has 3 heteroatoms. The van der Waals surface area contributed by atoms with Gasteiger partial charge in [-0.25, -0.2) is 0 Å². The van der Waals surface area contributed by atoms with E-state index in [1.807, 2.05) is 17.9 Å². The van der Waals surface area contributed by atoms with E-state index in [4.69, 9.17) is 0 Å². The molecule has 1 fully saturated rings. The number of hydrogen-bond donors (Lipinski definition) is 1. The van der Waals surface area contributed by atoms with Gasteiger partial charge in [0.2, 0.25) is 0 Å². The summed E-state index contributed by atoms with van der Waals surface area (Å²) in [6.07, 6.45) is 6.50. The number of nitrogens with one attached hydrogen (secondary N) is 1. The van der Waals surface area contributed by atoms with Gasteiger partial charge in [0, 0.05) is 13.2 Å². The zero-order valence-corrected chi connectivity index (χ0v) is 9.95. The minimum absolute atomic E-state index is 0.599. The van der Waals surface area contributed by atoms with Gasteiger partial charge in [-0.05, 0) is 42.8 Å². The van der Waals surface area contributed by atoms with Crippen LogP contribution in [0.2, 0.25) is 0 Å². The van der Waals surface area contributed by atoms with Gasteiger partial charge in [0.1, 0.15) is 0 Å². The van der Waals surface area contributed by atoms with Crippen molar-refractivity contribution in [3.63, 3.8) is 0 Å². The van der Waals surface area contributed by atoms with Crippen molar-refractivity contribution in [1.29, 1.82) is 0 Å². The van der Waals surface area contributed by atoms with Gasteiger partial charge >= 0.3 is 0 Å². The van der Waals surface area contributed by atoms with E-state index in [0.29, 0.717) is 5.41 Å². The molecule has 1 saturated carbocycles. The molecule has 0 bridgehead atoms. The summed E-state index contributed by atoms with van der Waals surface area (Å²) in [5.41, 5.74) is 1.92. The average molecular weight is 207 g/mol. The van der Waals surface area contributed by atoms with Gasteiger partial charge in [0.25, 0.3) is 0 Å². The number of rotatable bonds is 5. The van der Waals surface area contributed by atoms with E-state index in [1.54, 1.807) is 0 Å². The lowest BCUT2D eigenvalue weighted by molar-refractivity contribution is 0.521. The molecule has 15 heavy (non-hydrogen) atoms. The monoisotopic (exact) mass is 207 g/mol. The van der Waals surface area contributed by atoms with Crippen molar-refractivity contribution in [3.8, 4) is 0 Å². The van der Waals surface area contributed by atoms with Gasteiger partial charge in [-0.3, -0.25) is 4.68 Å². The fourth-order valence-corrected chi connectivity index (χ4v) is 2.03.